The molecule has 5 atom stereocenters. The molecule has 0 aliphatic heterocycles. The molecule has 0 radical (unpaired) electrons. The maximum absolute atomic E-state index is 12.9. The zero-order valence-corrected chi connectivity index (χ0v) is 19.3. The number of rotatable bonds is 3. The number of carbonyl (C=O) groups excluding carboxylic acids is 2. The molecule has 1 aromatic carbocycles. The van der Waals surface area contributed by atoms with Crippen LogP contribution in [0.15, 0.2) is 47.6 Å². The van der Waals surface area contributed by atoms with Crippen LogP contribution in [0.5, 0.6) is 0 Å². The van der Waals surface area contributed by atoms with Crippen LogP contribution < -0.4 is 0 Å². The normalized spacial score (nSPS) is 36.0. The minimum Gasteiger partial charge on any atom is -0.299 e. The molecular weight excluding hydrogens is 425 g/mol. The summed E-state index contributed by atoms with van der Waals surface area (Å²) in [6.45, 7) is 4.44. The predicted molar refractivity (Wildman–Crippen MR) is 120 cm³/mol. The molecule has 0 unspecified atom stereocenters. The van der Waals surface area contributed by atoms with E-state index < -0.39 is 11.7 Å². The summed E-state index contributed by atoms with van der Waals surface area (Å²) in [6, 6.07) is 5.24. The highest BCUT2D eigenvalue weighted by atomic mass is 19.4. The molecule has 4 aliphatic carbocycles. The highest BCUT2D eigenvalue weighted by Gasteiger charge is 2.58. The number of fused-ring (bicyclic) bond motifs is 5. The number of hydrogen-bond donors (Lipinski definition) is 0. The third kappa shape index (κ3) is 3.63. The lowest BCUT2D eigenvalue weighted by Gasteiger charge is -2.55. The van der Waals surface area contributed by atoms with Crippen molar-refractivity contribution in [3.05, 3.63) is 58.7 Å². The minimum atomic E-state index is -4.34. The van der Waals surface area contributed by atoms with Gasteiger partial charge in [-0.3, -0.25) is 9.59 Å². The molecule has 0 saturated heterocycles. The first-order valence-corrected chi connectivity index (χ1v) is 12.2. The molecule has 4 aliphatic rings. The number of ketones is 2. The maximum atomic E-state index is 12.9. The summed E-state index contributed by atoms with van der Waals surface area (Å²) in [7, 11) is 0. The summed E-state index contributed by atoms with van der Waals surface area (Å²) in [5.41, 5.74) is 1.81. The zero-order valence-electron chi connectivity index (χ0n) is 19.3. The number of aryl methyl sites for hydroxylation is 1. The third-order valence-corrected chi connectivity index (χ3v) is 9.42. The molecule has 0 spiro atoms. The summed E-state index contributed by atoms with van der Waals surface area (Å²) in [4.78, 5) is 25.5. The van der Waals surface area contributed by atoms with Gasteiger partial charge in [0, 0.05) is 17.3 Å². The first kappa shape index (κ1) is 22.6. The van der Waals surface area contributed by atoms with E-state index in [1.165, 1.54) is 17.7 Å². The van der Waals surface area contributed by atoms with E-state index in [4.69, 9.17) is 0 Å². The van der Waals surface area contributed by atoms with E-state index in [0.717, 1.165) is 55.4 Å². The fourth-order valence-corrected chi connectivity index (χ4v) is 7.48. The Balaban J connectivity index is 1.36. The summed E-state index contributed by atoms with van der Waals surface area (Å²) in [6.07, 6.45) is 6.36. The molecule has 0 heterocycles. The Labute approximate surface area is 193 Å². The number of carbonyl (C=O) groups is 2. The largest absolute Gasteiger partial charge is 0.416 e. The fourth-order valence-electron chi connectivity index (χ4n) is 7.48. The van der Waals surface area contributed by atoms with Crippen LogP contribution in [0.1, 0.15) is 69.9 Å². The number of allylic oxidation sites excluding steroid dienone is 4. The van der Waals surface area contributed by atoms with Gasteiger partial charge in [0.1, 0.15) is 5.78 Å². The molecular formula is C28H31F3O2. The van der Waals surface area contributed by atoms with Crippen LogP contribution in [0.4, 0.5) is 13.2 Å². The van der Waals surface area contributed by atoms with Crippen molar-refractivity contribution in [3.63, 3.8) is 0 Å². The van der Waals surface area contributed by atoms with Gasteiger partial charge >= 0.3 is 6.18 Å². The van der Waals surface area contributed by atoms with Crippen molar-refractivity contribution >= 4 is 11.6 Å². The van der Waals surface area contributed by atoms with E-state index in [-0.39, 0.29) is 16.6 Å². The Morgan fingerprint density at radius 1 is 0.939 bits per heavy atom. The van der Waals surface area contributed by atoms with Gasteiger partial charge in [-0.1, -0.05) is 37.6 Å². The Bertz CT molecular complexity index is 1050. The quantitative estimate of drug-likeness (QED) is 0.497. The van der Waals surface area contributed by atoms with Crippen LogP contribution in [-0.2, 0) is 22.2 Å². The first-order valence-electron chi connectivity index (χ1n) is 12.2. The SMILES string of the molecule is C[C@]12C=C(CCc3ccc(C(F)(F)F)cc3)C(=O)C=C1CC[C@@H]1[C@@H]2CC[C@]2(C)C(=O)CC[C@@H]12. The van der Waals surface area contributed by atoms with Gasteiger partial charge in [0.25, 0.3) is 0 Å². The highest BCUT2D eigenvalue weighted by Crippen LogP contribution is 2.63. The second-order valence-electron chi connectivity index (χ2n) is 11.0. The first-order chi connectivity index (χ1) is 15.5. The minimum absolute atomic E-state index is 0.0459. The van der Waals surface area contributed by atoms with Crippen molar-refractivity contribution in [3.8, 4) is 0 Å². The van der Waals surface area contributed by atoms with Crippen molar-refractivity contribution in [2.45, 2.75) is 71.4 Å². The highest BCUT2D eigenvalue weighted by molar-refractivity contribution is 6.05. The topological polar surface area (TPSA) is 34.1 Å². The second kappa shape index (κ2) is 7.68. The summed E-state index contributed by atoms with van der Waals surface area (Å²) < 4.78 is 38.5. The number of alkyl halides is 3. The van der Waals surface area contributed by atoms with Gasteiger partial charge in [-0.15, -0.1) is 0 Å². The summed E-state index contributed by atoms with van der Waals surface area (Å²) >= 11 is 0. The Hall–Kier alpha value is -2.17. The lowest BCUT2D eigenvalue weighted by molar-refractivity contribution is -0.137. The van der Waals surface area contributed by atoms with Gasteiger partial charge in [0.15, 0.2) is 5.78 Å². The van der Waals surface area contributed by atoms with Crippen molar-refractivity contribution in [2.24, 2.45) is 28.6 Å². The second-order valence-corrected chi connectivity index (χ2v) is 11.0. The molecule has 33 heavy (non-hydrogen) atoms. The smallest absolute Gasteiger partial charge is 0.299 e. The van der Waals surface area contributed by atoms with Crippen LogP contribution in [-0.4, -0.2) is 11.6 Å². The lowest BCUT2D eigenvalue weighted by atomic mass is 9.48. The molecule has 0 amide bonds. The predicted octanol–water partition coefficient (Wildman–Crippen LogP) is 6.89. The van der Waals surface area contributed by atoms with E-state index in [9.17, 15) is 22.8 Å². The number of Topliss-reactive ketones (excluding diaryl/α,β-unsaturated/α-hetero) is 1. The standard InChI is InChI=1S/C28H31F3O2/c1-26-14-13-23-21(22(26)11-12-25(26)33)10-9-20-15-24(32)18(16-27(20,23)2)6-3-17-4-7-19(8-5-17)28(29,30)31/h4-5,7-8,15-16,21-23H,3,6,9-14H2,1-2H3/t21-,22-,23-,26-,27-/m0/s1. The third-order valence-electron chi connectivity index (χ3n) is 9.42. The van der Waals surface area contributed by atoms with Gasteiger partial charge in [-0.2, -0.15) is 13.2 Å². The van der Waals surface area contributed by atoms with Crippen LogP contribution in [0.3, 0.4) is 0 Å². The van der Waals surface area contributed by atoms with Gasteiger partial charge in [-0.05, 0) is 92.0 Å². The molecule has 0 N–H and O–H groups in total. The lowest BCUT2D eigenvalue weighted by Crippen LogP contribution is -2.50. The van der Waals surface area contributed by atoms with E-state index in [1.54, 1.807) is 0 Å². The van der Waals surface area contributed by atoms with Crippen molar-refractivity contribution in [1.82, 2.24) is 0 Å². The van der Waals surface area contributed by atoms with E-state index in [2.05, 4.69) is 19.9 Å². The van der Waals surface area contributed by atoms with Gasteiger partial charge in [0.2, 0.25) is 0 Å². The van der Waals surface area contributed by atoms with E-state index in [1.807, 2.05) is 6.08 Å². The summed E-state index contributed by atoms with van der Waals surface area (Å²) in [5, 5.41) is 0. The van der Waals surface area contributed by atoms with Gasteiger partial charge in [0.05, 0.1) is 5.56 Å². The Morgan fingerprint density at radius 3 is 2.36 bits per heavy atom. The average Bonchev–Trinajstić information content (AvgIpc) is 3.07. The molecule has 3 saturated carbocycles. The molecule has 2 nitrogen and oxygen atoms in total. The monoisotopic (exact) mass is 456 g/mol. The van der Waals surface area contributed by atoms with Crippen molar-refractivity contribution < 1.29 is 22.8 Å². The summed E-state index contributed by atoms with van der Waals surface area (Å²) in [5.74, 6) is 1.88. The molecule has 0 aromatic heterocycles. The maximum Gasteiger partial charge on any atom is 0.416 e. The number of hydrogen-bond acceptors (Lipinski definition) is 2. The van der Waals surface area contributed by atoms with Crippen LogP contribution in [0.25, 0.3) is 0 Å². The fraction of sp³-hybridized carbons (Fsp3) is 0.571. The molecule has 0 bridgehead atoms. The molecule has 1 aromatic rings. The average molecular weight is 457 g/mol. The van der Waals surface area contributed by atoms with Crippen LogP contribution in [0.2, 0.25) is 0 Å². The van der Waals surface area contributed by atoms with Crippen LogP contribution in [0, 0.1) is 28.6 Å². The molecule has 176 valence electrons. The van der Waals surface area contributed by atoms with Gasteiger partial charge < -0.3 is 0 Å². The van der Waals surface area contributed by atoms with Crippen molar-refractivity contribution in [1.29, 1.82) is 0 Å². The van der Waals surface area contributed by atoms with Gasteiger partial charge in [-0.25, -0.2) is 0 Å². The van der Waals surface area contributed by atoms with Crippen LogP contribution >= 0.6 is 0 Å². The molecule has 5 rings (SSSR count). The van der Waals surface area contributed by atoms with Crippen molar-refractivity contribution in [2.75, 3.05) is 0 Å². The zero-order chi connectivity index (χ0) is 23.6. The van der Waals surface area contributed by atoms with E-state index >= 15 is 0 Å². The van der Waals surface area contributed by atoms with E-state index in [0.29, 0.717) is 42.8 Å². The number of halogens is 3. The molecule has 3 fully saturated rings. The number of benzene rings is 1. The molecule has 5 heteroatoms. The Morgan fingerprint density at radius 2 is 1.67 bits per heavy atom. The Kier molecular flexibility index (Phi) is 5.26.